The molecule has 32 heavy (non-hydrogen) atoms. The van der Waals surface area contributed by atoms with Crippen LogP contribution in [0.25, 0.3) is 5.52 Å². The Hall–Kier alpha value is -3.23. The highest BCUT2D eigenvalue weighted by molar-refractivity contribution is 5.97. The van der Waals surface area contributed by atoms with Gasteiger partial charge in [0.1, 0.15) is 5.52 Å². The molecule has 0 atom stereocenters. The first-order chi connectivity index (χ1) is 15.3. The molecular formula is C23H28FN5O3. The Morgan fingerprint density at radius 3 is 2.66 bits per heavy atom. The molecular weight excluding hydrogens is 413 g/mol. The molecule has 4 heterocycles. The van der Waals surface area contributed by atoms with Crippen molar-refractivity contribution in [1.82, 2.24) is 24.1 Å². The van der Waals surface area contributed by atoms with Crippen LogP contribution in [0.1, 0.15) is 61.6 Å². The molecule has 1 amide bonds. The Bertz CT molecular complexity index is 1180. The van der Waals surface area contributed by atoms with Crippen molar-refractivity contribution in [3.63, 3.8) is 0 Å². The fourth-order valence-corrected chi connectivity index (χ4v) is 4.23. The van der Waals surface area contributed by atoms with Crippen molar-refractivity contribution in [2.45, 2.75) is 52.0 Å². The Morgan fingerprint density at radius 1 is 1.22 bits per heavy atom. The third-order valence-corrected chi connectivity index (χ3v) is 6.13. The van der Waals surface area contributed by atoms with E-state index in [4.69, 9.17) is 0 Å². The lowest BCUT2D eigenvalue weighted by atomic mass is 9.90. The van der Waals surface area contributed by atoms with Gasteiger partial charge in [0.15, 0.2) is 11.7 Å². The molecule has 1 N–H and O–H groups in total. The standard InChI is InChI=1S/C23H28FN5O3/c1-15(2)29-13-17(12-25-29)22(31)16-8-10-27(11-9-16)21(30)5-3-4-18-14-28-19(23(32)26-18)6-7-20(28)24/h6-7,12-16H,3-5,8-11H2,1-2H3,(H,26,32). The largest absolute Gasteiger partial charge is 0.343 e. The van der Waals surface area contributed by atoms with E-state index in [9.17, 15) is 18.8 Å². The number of carbonyl (C=O) groups excluding carboxylic acids is 2. The molecule has 1 fully saturated rings. The van der Waals surface area contributed by atoms with E-state index < -0.39 is 5.95 Å². The highest BCUT2D eigenvalue weighted by Gasteiger charge is 2.28. The molecule has 8 nitrogen and oxygen atoms in total. The highest BCUT2D eigenvalue weighted by Crippen LogP contribution is 2.23. The van der Waals surface area contributed by atoms with E-state index in [1.54, 1.807) is 28.2 Å². The summed E-state index contributed by atoms with van der Waals surface area (Å²) in [6.07, 6.45) is 7.65. The summed E-state index contributed by atoms with van der Waals surface area (Å²) < 4.78 is 16.8. The number of aryl methyl sites for hydroxylation is 1. The number of piperidine rings is 1. The molecule has 0 aromatic carbocycles. The summed E-state index contributed by atoms with van der Waals surface area (Å²) in [5.74, 6) is -0.436. The van der Waals surface area contributed by atoms with Gasteiger partial charge in [0.05, 0.1) is 11.8 Å². The lowest BCUT2D eigenvalue weighted by molar-refractivity contribution is -0.132. The second-order valence-electron chi connectivity index (χ2n) is 8.70. The van der Waals surface area contributed by atoms with Crippen LogP contribution < -0.4 is 5.56 Å². The van der Waals surface area contributed by atoms with E-state index in [1.165, 1.54) is 16.5 Å². The van der Waals surface area contributed by atoms with Gasteiger partial charge in [0.2, 0.25) is 5.91 Å². The van der Waals surface area contributed by atoms with Crippen LogP contribution in [0, 0.1) is 11.9 Å². The monoisotopic (exact) mass is 441 g/mol. The van der Waals surface area contributed by atoms with E-state index >= 15 is 0 Å². The first kappa shape index (κ1) is 22.0. The zero-order chi connectivity index (χ0) is 22.8. The lowest BCUT2D eigenvalue weighted by Crippen LogP contribution is -2.40. The van der Waals surface area contributed by atoms with Gasteiger partial charge >= 0.3 is 0 Å². The van der Waals surface area contributed by atoms with Crippen LogP contribution in [-0.4, -0.2) is 48.8 Å². The normalized spacial score (nSPS) is 15.1. The Labute approximate surface area is 185 Å². The van der Waals surface area contributed by atoms with Crippen LogP contribution in [0.5, 0.6) is 0 Å². The summed E-state index contributed by atoms with van der Waals surface area (Å²) in [7, 11) is 0. The van der Waals surface area contributed by atoms with E-state index in [2.05, 4.69) is 10.1 Å². The van der Waals surface area contributed by atoms with Gasteiger partial charge < -0.3 is 9.88 Å². The molecule has 0 saturated carbocycles. The molecule has 0 unspecified atom stereocenters. The number of aromatic nitrogens is 4. The first-order valence-electron chi connectivity index (χ1n) is 11.1. The third kappa shape index (κ3) is 4.51. The quantitative estimate of drug-likeness (QED) is 0.571. The Morgan fingerprint density at radius 2 is 1.97 bits per heavy atom. The summed E-state index contributed by atoms with van der Waals surface area (Å²) in [4.78, 5) is 41.9. The van der Waals surface area contributed by atoms with Crippen molar-refractivity contribution in [1.29, 1.82) is 0 Å². The number of halogens is 1. The average molecular weight is 442 g/mol. The number of rotatable bonds is 7. The number of nitrogens with one attached hydrogen (secondary N) is 1. The molecule has 4 rings (SSSR count). The molecule has 1 saturated heterocycles. The highest BCUT2D eigenvalue weighted by atomic mass is 19.1. The van der Waals surface area contributed by atoms with Crippen LogP contribution in [0.4, 0.5) is 4.39 Å². The number of hydrogen-bond donors (Lipinski definition) is 1. The predicted molar refractivity (Wildman–Crippen MR) is 117 cm³/mol. The number of fused-ring (bicyclic) bond motifs is 1. The van der Waals surface area contributed by atoms with Crippen molar-refractivity contribution >= 4 is 17.2 Å². The minimum Gasteiger partial charge on any atom is -0.343 e. The van der Waals surface area contributed by atoms with Crippen molar-refractivity contribution in [3.05, 3.63) is 58.3 Å². The Balaban J connectivity index is 1.26. The molecule has 9 heteroatoms. The number of carbonyl (C=O) groups is 2. The van der Waals surface area contributed by atoms with Crippen LogP contribution in [0.3, 0.4) is 0 Å². The summed E-state index contributed by atoms with van der Waals surface area (Å²) >= 11 is 0. The van der Waals surface area contributed by atoms with Gasteiger partial charge in [0, 0.05) is 49.6 Å². The average Bonchev–Trinajstić information content (AvgIpc) is 3.41. The number of H-pyrrole nitrogens is 1. The minimum absolute atomic E-state index is 0.0408. The maximum Gasteiger partial charge on any atom is 0.272 e. The molecule has 3 aromatic heterocycles. The van der Waals surface area contributed by atoms with Crippen molar-refractivity contribution in [3.8, 4) is 0 Å². The number of hydrogen-bond acceptors (Lipinski definition) is 4. The molecule has 1 aliphatic rings. The molecule has 0 bridgehead atoms. The summed E-state index contributed by atoms with van der Waals surface area (Å²) in [5, 5.41) is 4.24. The molecule has 0 radical (unpaired) electrons. The smallest absolute Gasteiger partial charge is 0.272 e. The number of ketones is 1. The number of Topliss-reactive ketones (excluding diaryl/α,β-unsaturated/α-hetero) is 1. The maximum absolute atomic E-state index is 13.8. The topological polar surface area (TPSA) is 92.5 Å². The predicted octanol–water partition coefficient (Wildman–Crippen LogP) is 2.99. The molecule has 1 aliphatic heterocycles. The van der Waals surface area contributed by atoms with Gasteiger partial charge in [-0.2, -0.15) is 9.49 Å². The van der Waals surface area contributed by atoms with Crippen LogP contribution in [-0.2, 0) is 11.2 Å². The number of likely N-dealkylation sites (tertiary alicyclic amines) is 1. The van der Waals surface area contributed by atoms with Gasteiger partial charge in [-0.05, 0) is 51.7 Å². The zero-order valence-corrected chi connectivity index (χ0v) is 18.4. The minimum atomic E-state index is -0.489. The second-order valence-corrected chi connectivity index (χ2v) is 8.70. The van der Waals surface area contributed by atoms with Gasteiger partial charge in [-0.15, -0.1) is 0 Å². The van der Waals surface area contributed by atoms with Crippen LogP contribution in [0.15, 0.2) is 35.5 Å². The summed E-state index contributed by atoms with van der Waals surface area (Å²) in [5.41, 5.74) is 1.14. The SMILES string of the molecule is CC(C)n1cc(C(=O)C2CCN(C(=O)CCCc3cn4c(F)ccc4c(=O)[nH]3)CC2)cn1. The molecule has 170 valence electrons. The number of nitrogens with zero attached hydrogens (tertiary/aromatic N) is 4. The molecule has 0 aliphatic carbocycles. The summed E-state index contributed by atoms with van der Waals surface area (Å²) in [6.45, 7) is 5.15. The Kier molecular flexibility index (Phi) is 6.25. The summed E-state index contributed by atoms with van der Waals surface area (Å²) in [6, 6.07) is 2.90. The fraction of sp³-hybridized carbons (Fsp3) is 0.478. The van der Waals surface area contributed by atoms with Gasteiger partial charge in [-0.25, -0.2) is 0 Å². The van der Waals surface area contributed by atoms with E-state index in [-0.39, 0.29) is 34.7 Å². The van der Waals surface area contributed by atoms with Crippen molar-refractivity contribution < 1.29 is 14.0 Å². The third-order valence-electron chi connectivity index (χ3n) is 6.13. The second kappa shape index (κ2) is 9.10. The van der Waals surface area contributed by atoms with E-state index in [0.717, 1.165) is 0 Å². The number of aromatic amines is 1. The van der Waals surface area contributed by atoms with Crippen LogP contribution >= 0.6 is 0 Å². The van der Waals surface area contributed by atoms with Gasteiger partial charge in [-0.1, -0.05) is 0 Å². The fourth-order valence-electron chi connectivity index (χ4n) is 4.23. The first-order valence-corrected chi connectivity index (χ1v) is 11.1. The van der Waals surface area contributed by atoms with Crippen molar-refractivity contribution in [2.75, 3.05) is 13.1 Å². The molecule has 0 spiro atoms. The van der Waals surface area contributed by atoms with Crippen molar-refractivity contribution in [2.24, 2.45) is 5.92 Å². The lowest BCUT2D eigenvalue weighted by Gasteiger charge is -2.31. The van der Waals surface area contributed by atoms with E-state index in [0.29, 0.717) is 56.5 Å². The number of amides is 1. The van der Waals surface area contributed by atoms with Gasteiger partial charge in [-0.3, -0.25) is 23.5 Å². The van der Waals surface area contributed by atoms with E-state index in [1.807, 2.05) is 13.8 Å². The van der Waals surface area contributed by atoms with Crippen LogP contribution in [0.2, 0.25) is 0 Å². The van der Waals surface area contributed by atoms with Gasteiger partial charge in [0.25, 0.3) is 5.56 Å². The molecule has 3 aromatic rings. The zero-order valence-electron chi connectivity index (χ0n) is 18.4. The maximum atomic E-state index is 13.8.